The van der Waals surface area contributed by atoms with Gasteiger partial charge in [-0.05, 0) is 49.9 Å². The molecule has 2 rings (SSSR count). The lowest BCUT2D eigenvalue weighted by atomic mass is 9.98. The summed E-state index contributed by atoms with van der Waals surface area (Å²) in [4.78, 5) is 12.1. The van der Waals surface area contributed by atoms with E-state index >= 15 is 0 Å². The summed E-state index contributed by atoms with van der Waals surface area (Å²) in [7, 11) is 0. The summed E-state index contributed by atoms with van der Waals surface area (Å²) < 4.78 is 1.80. The fraction of sp³-hybridized carbons (Fsp3) is 0.412. The molecular formula is C17H23N3O. The van der Waals surface area contributed by atoms with Gasteiger partial charge in [0, 0.05) is 19.2 Å². The maximum atomic E-state index is 12.1. The van der Waals surface area contributed by atoms with Crippen LogP contribution in [0.5, 0.6) is 0 Å². The summed E-state index contributed by atoms with van der Waals surface area (Å²) in [5.74, 6) is 0.0524. The largest absolute Gasteiger partial charge is 0.350 e. The molecule has 0 spiro atoms. The first kappa shape index (κ1) is 15.3. The molecule has 1 heterocycles. The molecule has 1 N–H and O–H groups in total. The SMILES string of the molecule is Cc1cnn(CCC(=O)N[C@@H](C)c2cccc(C)c2C)c1. The molecule has 0 unspecified atom stereocenters. The van der Waals surface area contributed by atoms with Gasteiger partial charge in [0.25, 0.3) is 0 Å². The summed E-state index contributed by atoms with van der Waals surface area (Å²) in [6.07, 6.45) is 4.19. The van der Waals surface area contributed by atoms with Crippen LogP contribution in [0.2, 0.25) is 0 Å². The predicted molar refractivity (Wildman–Crippen MR) is 84.1 cm³/mol. The average molecular weight is 285 g/mol. The van der Waals surface area contributed by atoms with E-state index in [4.69, 9.17) is 0 Å². The minimum atomic E-state index is 0.0248. The molecule has 0 fully saturated rings. The van der Waals surface area contributed by atoms with Crippen LogP contribution in [0.15, 0.2) is 30.6 Å². The molecule has 4 nitrogen and oxygen atoms in total. The van der Waals surface area contributed by atoms with E-state index in [1.807, 2.05) is 26.1 Å². The van der Waals surface area contributed by atoms with Crippen LogP contribution in [0.25, 0.3) is 0 Å². The van der Waals surface area contributed by atoms with E-state index in [1.165, 1.54) is 16.7 Å². The molecule has 1 atom stereocenters. The summed E-state index contributed by atoms with van der Waals surface area (Å²) in [6.45, 7) is 8.82. The topological polar surface area (TPSA) is 46.9 Å². The molecule has 0 saturated heterocycles. The molecule has 0 saturated carbocycles. The minimum absolute atomic E-state index is 0.0248. The van der Waals surface area contributed by atoms with E-state index in [1.54, 1.807) is 10.9 Å². The molecule has 1 aromatic carbocycles. The number of aromatic nitrogens is 2. The molecular weight excluding hydrogens is 262 g/mol. The van der Waals surface area contributed by atoms with Gasteiger partial charge in [-0.15, -0.1) is 0 Å². The van der Waals surface area contributed by atoms with Crippen molar-refractivity contribution >= 4 is 5.91 Å². The Bertz CT molecular complexity index is 631. The van der Waals surface area contributed by atoms with Gasteiger partial charge in [-0.25, -0.2) is 0 Å². The van der Waals surface area contributed by atoms with E-state index in [0.717, 1.165) is 5.56 Å². The van der Waals surface area contributed by atoms with Gasteiger partial charge in [-0.3, -0.25) is 9.48 Å². The van der Waals surface area contributed by atoms with E-state index in [0.29, 0.717) is 13.0 Å². The van der Waals surface area contributed by atoms with Crippen molar-refractivity contribution in [2.24, 2.45) is 0 Å². The standard InChI is InChI=1S/C17H23N3O/c1-12-10-18-20(11-12)9-8-17(21)19-15(4)16-7-5-6-13(2)14(16)3/h5-7,10-11,15H,8-9H2,1-4H3,(H,19,21)/t15-/m0/s1. The number of amides is 1. The molecule has 21 heavy (non-hydrogen) atoms. The number of nitrogens with one attached hydrogen (secondary N) is 1. The summed E-state index contributed by atoms with van der Waals surface area (Å²) in [5, 5.41) is 7.25. The van der Waals surface area contributed by atoms with Crippen molar-refractivity contribution in [3.63, 3.8) is 0 Å². The predicted octanol–water partition coefficient (Wildman–Crippen LogP) is 3.08. The lowest BCUT2D eigenvalue weighted by molar-refractivity contribution is -0.122. The van der Waals surface area contributed by atoms with E-state index in [9.17, 15) is 4.79 Å². The Hall–Kier alpha value is -2.10. The average Bonchev–Trinajstić information content (AvgIpc) is 2.85. The Morgan fingerprint density at radius 1 is 1.33 bits per heavy atom. The second-order valence-corrected chi connectivity index (χ2v) is 5.61. The van der Waals surface area contributed by atoms with E-state index in [-0.39, 0.29) is 11.9 Å². The van der Waals surface area contributed by atoms with Gasteiger partial charge in [0.05, 0.1) is 12.2 Å². The molecule has 0 bridgehead atoms. The zero-order valence-corrected chi connectivity index (χ0v) is 13.2. The highest BCUT2D eigenvalue weighted by Gasteiger charge is 2.12. The van der Waals surface area contributed by atoms with Gasteiger partial charge >= 0.3 is 0 Å². The molecule has 1 aromatic heterocycles. The highest BCUT2D eigenvalue weighted by atomic mass is 16.1. The normalized spacial score (nSPS) is 12.2. The molecule has 2 aromatic rings. The quantitative estimate of drug-likeness (QED) is 0.917. The van der Waals surface area contributed by atoms with Crippen LogP contribution in [0.1, 0.15) is 41.6 Å². The monoisotopic (exact) mass is 285 g/mol. The number of hydrogen-bond acceptors (Lipinski definition) is 2. The second kappa shape index (κ2) is 6.57. The highest BCUT2D eigenvalue weighted by molar-refractivity contribution is 5.76. The molecule has 0 radical (unpaired) electrons. The van der Waals surface area contributed by atoms with Gasteiger partial charge in [0.2, 0.25) is 5.91 Å². The third kappa shape index (κ3) is 3.94. The van der Waals surface area contributed by atoms with Crippen molar-refractivity contribution < 1.29 is 4.79 Å². The van der Waals surface area contributed by atoms with Crippen LogP contribution < -0.4 is 5.32 Å². The zero-order chi connectivity index (χ0) is 15.4. The van der Waals surface area contributed by atoms with Gasteiger partial charge < -0.3 is 5.32 Å². The van der Waals surface area contributed by atoms with Crippen molar-refractivity contribution in [2.45, 2.75) is 46.7 Å². The number of carbonyl (C=O) groups excluding carboxylic acids is 1. The Labute approximate surface area is 126 Å². The highest BCUT2D eigenvalue weighted by Crippen LogP contribution is 2.20. The molecule has 0 aliphatic carbocycles. The molecule has 4 heteroatoms. The van der Waals surface area contributed by atoms with Gasteiger partial charge in [0.1, 0.15) is 0 Å². The number of carbonyl (C=O) groups is 1. The van der Waals surface area contributed by atoms with Crippen LogP contribution in [0.4, 0.5) is 0 Å². The van der Waals surface area contributed by atoms with Crippen LogP contribution in [0.3, 0.4) is 0 Å². The maximum absolute atomic E-state index is 12.1. The van der Waals surface area contributed by atoms with Crippen molar-refractivity contribution in [2.75, 3.05) is 0 Å². The minimum Gasteiger partial charge on any atom is -0.350 e. The van der Waals surface area contributed by atoms with Crippen LogP contribution in [0, 0.1) is 20.8 Å². The first-order valence-corrected chi connectivity index (χ1v) is 7.32. The van der Waals surface area contributed by atoms with Crippen LogP contribution in [-0.4, -0.2) is 15.7 Å². The molecule has 0 aliphatic rings. The van der Waals surface area contributed by atoms with Crippen LogP contribution >= 0.6 is 0 Å². The second-order valence-electron chi connectivity index (χ2n) is 5.61. The molecule has 1 amide bonds. The van der Waals surface area contributed by atoms with Crippen molar-refractivity contribution in [3.05, 3.63) is 52.8 Å². The molecule has 112 valence electrons. The third-order valence-electron chi connectivity index (χ3n) is 3.82. The third-order valence-corrected chi connectivity index (χ3v) is 3.82. The maximum Gasteiger partial charge on any atom is 0.222 e. The Morgan fingerprint density at radius 2 is 2.10 bits per heavy atom. The lowest BCUT2D eigenvalue weighted by Gasteiger charge is -2.18. The van der Waals surface area contributed by atoms with Crippen LogP contribution in [-0.2, 0) is 11.3 Å². The Balaban J connectivity index is 1.91. The smallest absolute Gasteiger partial charge is 0.222 e. The Morgan fingerprint density at radius 3 is 2.76 bits per heavy atom. The first-order chi connectivity index (χ1) is 9.97. The van der Waals surface area contributed by atoms with E-state index < -0.39 is 0 Å². The molecule has 0 aliphatic heterocycles. The fourth-order valence-electron chi connectivity index (χ4n) is 2.44. The fourth-order valence-corrected chi connectivity index (χ4v) is 2.44. The number of nitrogens with zero attached hydrogens (tertiary/aromatic N) is 2. The number of benzene rings is 1. The number of rotatable bonds is 5. The van der Waals surface area contributed by atoms with Gasteiger partial charge in [-0.1, -0.05) is 18.2 Å². The first-order valence-electron chi connectivity index (χ1n) is 7.32. The van der Waals surface area contributed by atoms with Crippen molar-refractivity contribution in [1.82, 2.24) is 15.1 Å². The lowest BCUT2D eigenvalue weighted by Crippen LogP contribution is -2.28. The van der Waals surface area contributed by atoms with E-state index in [2.05, 4.69) is 36.4 Å². The summed E-state index contributed by atoms with van der Waals surface area (Å²) >= 11 is 0. The van der Waals surface area contributed by atoms with Gasteiger partial charge in [-0.2, -0.15) is 5.10 Å². The summed E-state index contributed by atoms with van der Waals surface area (Å²) in [6, 6.07) is 6.22. The van der Waals surface area contributed by atoms with Gasteiger partial charge in [0.15, 0.2) is 0 Å². The summed E-state index contributed by atoms with van der Waals surface area (Å²) in [5.41, 5.74) is 4.78. The van der Waals surface area contributed by atoms with Crippen molar-refractivity contribution in [1.29, 1.82) is 0 Å². The number of aryl methyl sites for hydroxylation is 3. The number of hydrogen-bond donors (Lipinski definition) is 1. The van der Waals surface area contributed by atoms with Crippen molar-refractivity contribution in [3.8, 4) is 0 Å². The Kier molecular flexibility index (Phi) is 4.78. The zero-order valence-electron chi connectivity index (χ0n) is 13.2.